The first-order valence-corrected chi connectivity index (χ1v) is 10.8. The molecule has 176 valence electrons. The maximum Gasteiger partial charge on any atom is 0.339 e. The van der Waals surface area contributed by atoms with Crippen LogP contribution in [0.15, 0.2) is 53.4 Å². The topological polar surface area (TPSA) is 171 Å². The number of imide groups is 1. The number of ether oxygens (including phenoxy) is 1. The number of carbonyl (C=O) groups excluding carboxylic acids is 3. The van der Waals surface area contributed by atoms with Crippen LogP contribution in [0.25, 0.3) is 0 Å². The van der Waals surface area contributed by atoms with Crippen LogP contribution in [-0.4, -0.2) is 43.4 Å². The van der Waals surface area contributed by atoms with E-state index in [0.717, 1.165) is 18.2 Å². The van der Waals surface area contributed by atoms with Gasteiger partial charge in [-0.05, 0) is 51.1 Å². The molecule has 12 nitrogen and oxygen atoms in total. The molecule has 2 rings (SSSR count). The standard InChI is InChI=1S/C20H21N3O9S/c1-20(2,3)22-19(26)21-17(24)12-31-18(25)13-7-9-15(10-8-13)32-33(29,30)16-6-4-5-14(11-16)23(27)28/h4-11H,12H2,1-3H3,(H2,21,22,24,26). The molecule has 0 aliphatic heterocycles. The van der Waals surface area contributed by atoms with Crippen LogP contribution in [-0.2, 0) is 19.6 Å². The second kappa shape index (κ2) is 10.1. The average Bonchev–Trinajstić information content (AvgIpc) is 2.71. The highest BCUT2D eigenvalue weighted by Gasteiger charge is 2.21. The van der Waals surface area contributed by atoms with Gasteiger partial charge in [0.1, 0.15) is 10.6 Å². The molecule has 0 heterocycles. The van der Waals surface area contributed by atoms with Crippen molar-refractivity contribution in [1.29, 1.82) is 0 Å². The van der Waals surface area contributed by atoms with Crippen molar-refractivity contribution < 1.29 is 36.6 Å². The summed E-state index contributed by atoms with van der Waals surface area (Å²) in [6.07, 6.45) is 0. The highest BCUT2D eigenvalue weighted by molar-refractivity contribution is 7.87. The van der Waals surface area contributed by atoms with Gasteiger partial charge in [-0.25, -0.2) is 9.59 Å². The second-order valence-electron chi connectivity index (χ2n) is 7.64. The fourth-order valence-electron chi connectivity index (χ4n) is 2.32. The lowest BCUT2D eigenvalue weighted by Crippen LogP contribution is -2.49. The van der Waals surface area contributed by atoms with Gasteiger partial charge in [-0.15, -0.1) is 0 Å². The lowest BCUT2D eigenvalue weighted by molar-refractivity contribution is -0.385. The zero-order chi connectivity index (χ0) is 24.8. The summed E-state index contributed by atoms with van der Waals surface area (Å²) in [7, 11) is -4.36. The first-order valence-electron chi connectivity index (χ1n) is 9.35. The number of hydrogen-bond donors (Lipinski definition) is 2. The van der Waals surface area contributed by atoms with Crippen LogP contribution >= 0.6 is 0 Å². The molecule has 2 aromatic rings. The number of hydrogen-bond acceptors (Lipinski definition) is 9. The smallest absolute Gasteiger partial charge is 0.339 e. The largest absolute Gasteiger partial charge is 0.452 e. The van der Waals surface area contributed by atoms with Crippen molar-refractivity contribution in [3.63, 3.8) is 0 Å². The van der Waals surface area contributed by atoms with Gasteiger partial charge in [0.05, 0.1) is 10.5 Å². The molecule has 3 amide bonds. The van der Waals surface area contributed by atoms with Gasteiger partial charge in [0.25, 0.3) is 11.6 Å². The molecule has 2 aromatic carbocycles. The van der Waals surface area contributed by atoms with Crippen LogP contribution in [0.5, 0.6) is 5.75 Å². The van der Waals surface area contributed by atoms with Crippen molar-refractivity contribution >= 4 is 33.7 Å². The van der Waals surface area contributed by atoms with Gasteiger partial charge in [0.2, 0.25) is 0 Å². The van der Waals surface area contributed by atoms with Crippen molar-refractivity contribution in [2.24, 2.45) is 0 Å². The quantitative estimate of drug-likeness (QED) is 0.261. The normalized spacial score (nSPS) is 11.2. The van der Waals surface area contributed by atoms with Gasteiger partial charge in [0, 0.05) is 17.7 Å². The van der Waals surface area contributed by atoms with E-state index in [4.69, 9.17) is 8.92 Å². The minimum absolute atomic E-state index is 0.0120. The predicted octanol–water partition coefficient (Wildman–Crippen LogP) is 2.14. The number of esters is 1. The van der Waals surface area contributed by atoms with Crippen molar-refractivity contribution in [2.45, 2.75) is 31.2 Å². The minimum Gasteiger partial charge on any atom is -0.452 e. The second-order valence-corrected chi connectivity index (χ2v) is 9.19. The van der Waals surface area contributed by atoms with Crippen LogP contribution in [0.4, 0.5) is 10.5 Å². The molecule has 2 N–H and O–H groups in total. The highest BCUT2D eigenvalue weighted by Crippen LogP contribution is 2.22. The van der Waals surface area contributed by atoms with E-state index in [1.807, 2.05) is 5.32 Å². The average molecular weight is 479 g/mol. The SMILES string of the molecule is CC(C)(C)NC(=O)NC(=O)COC(=O)c1ccc(OS(=O)(=O)c2cccc([N+](=O)[O-])c2)cc1. The molecule has 0 saturated carbocycles. The van der Waals surface area contributed by atoms with Crippen LogP contribution in [0.2, 0.25) is 0 Å². The number of urea groups is 1. The van der Waals surface area contributed by atoms with E-state index in [1.165, 1.54) is 30.3 Å². The number of nitrogens with one attached hydrogen (secondary N) is 2. The van der Waals surface area contributed by atoms with Gasteiger partial charge < -0.3 is 14.2 Å². The predicted molar refractivity (Wildman–Crippen MR) is 114 cm³/mol. The molecule has 13 heteroatoms. The van der Waals surface area contributed by atoms with Crippen molar-refractivity contribution in [2.75, 3.05) is 6.61 Å². The Hall–Kier alpha value is -4.00. The van der Waals surface area contributed by atoms with Gasteiger partial charge in [-0.1, -0.05) is 6.07 Å². The zero-order valence-electron chi connectivity index (χ0n) is 17.9. The lowest BCUT2D eigenvalue weighted by Gasteiger charge is -2.20. The molecular weight excluding hydrogens is 458 g/mol. The highest BCUT2D eigenvalue weighted by atomic mass is 32.2. The van der Waals surface area contributed by atoms with E-state index >= 15 is 0 Å². The lowest BCUT2D eigenvalue weighted by atomic mass is 10.1. The van der Waals surface area contributed by atoms with Crippen molar-refractivity contribution in [3.05, 3.63) is 64.2 Å². The Balaban J connectivity index is 1.96. The van der Waals surface area contributed by atoms with Crippen LogP contribution in [0.3, 0.4) is 0 Å². The third-order valence-electron chi connectivity index (χ3n) is 3.69. The number of rotatable bonds is 7. The van der Waals surface area contributed by atoms with E-state index in [1.54, 1.807) is 20.8 Å². The Kier molecular flexibility index (Phi) is 7.72. The maximum atomic E-state index is 12.3. The molecule has 0 aromatic heterocycles. The molecule has 0 spiro atoms. The summed E-state index contributed by atoms with van der Waals surface area (Å²) in [5, 5.41) is 15.3. The number of non-ortho nitro benzene ring substituents is 1. The van der Waals surface area contributed by atoms with Crippen LogP contribution < -0.4 is 14.8 Å². The monoisotopic (exact) mass is 479 g/mol. The fourth-order valence-corrected chi connectivity index (χ4v) is 3.29. The molecule has 0 atom stereocenters. The third kappa shape index (κ3) is 7.88. The van der Waals surface area contributed by atoms with E-state index in [9.17, 15) is 32.9 Å². The summed E-state index contributed by atoms with van der Waals surface area (Å²) in [5.41, 5.74) is -0.993. The molecule has 0 bridgehead atoms. The zero-order valence-corrected chi connectivity index (χ0v) is 18.7. The van der Waals surface area contributed by atoms with E-state index in [0.29, 0.717) is 0 Å². The summed E-state index contributed by atoms with van der Waals surface area (Å²) >= 11 is 0. The maximum absolute atomic E-state index is 12.3. The number of nitro groups is 1. The molecule has 0 saturated heterocycles. The Morgan fingerprint density at radius 2 is 1.70 bits per heavy atom. The van der Waals surface area contributed by atoms with Gasteiger partial charge in [0.15, 0.2) is 6.61 Å². The Morgan fingerprint density at radius 1 is 1.06 bits per heavy atom. The number of nitro benzene ring substituents is 1. The molecule has 33 heavy (non-hydrogen) atoms. The summed E-state index contributed by atoms with van der Waals surface area (Å²) in [4.78, 5) is 45.0. The first-order chi connectivity index (χ1) is 15.3. The van der Waals surface area contributed by atoms with Crippen LogP contribution in [0.1, 0.15) is 31.1 Å². The minimum atomic E-state index is -4.36. The number of benzene rings is 2. The Labute approximate surface area is 189 Å². The van der Waals surface area contributed by atoms with Crippen molar-refractivity contribution in [1.82, 2.24) is 10.6 Å². The van der Waals surface area contributed by atoms with Crippen LogP contribution in [0, 0.1) is 10.1 Å². The number of amides is 3. The summed E-state index contributed by atoms with van der Waals surface area (Å²) in [5.74, 6) is -1.89. The molecular formula is C20H21N3O9S. The molecule has 0 unspecified atom stereocenters. The number of nitrogens with zero attached hydrogens (tertiary/aromatic N) is 1. The van der Waals surface area contributed by atoms with E-state index in [2.05, 4.69) is 5.32 Å². The first kappa shape index (κ1) is 25.3. The Morgan fingerprint density at radius 3 is 2.27 bits per heavy atom. The van der Waals surface area contributed by atoms with Crippen molar-refractivity contribution in [3.8, 4) is 5.75 Å². The van der Waals surface area contributed by atoms with E-state index in [-0.39, 0.29) is 11.3 Å². The third-order valence-corrected chi connectivity index (χ3v) is 4.93. The van der Waals surface area contributed by atoms with Gasteiger partial charge in [-0.3, -0.25) is 20.2 Å². The molecule has 0 radical (unpaired) electrons. The summed E-state index contributed by atoms with van der Waals surface area (Å²) in [6, 6.07) is 8.33. The summed E-state index contributed by atoms with van der Waals surface area (Å²) in [6.45, 7) is 4.45. The Bertz CT molecular complexity index is 1170. The van der Waals surface area contributed by atoms with Gasteiger partial charge >= 0.3 is 22.1 Å². The molecule has 0 aliphatic rings. The van der Waals surface area contributed by atoms with E-state index < -0.39 is 55.7 Å². The molecule has 0 aliphatic carbocycles. The van der Waals surface area contributed by atoms with Gasteiger partial charge in [-0.2, -0.15) is 8.42 Å². The summed E-state index contributed by atoms with van der Waals surface area (Å²) < 4.78 is 34.4. The molecule has 0 fully saturated rings. The fraction of sp³-hybridized carbons (Fsp3) is 0.250. The number of carbonyl (C=O) groups is 3.